The monoisotopic (exact) mass is 420 g/mol. The van der Waals surface area contributed by atoms with E-state index in [1.807, 2.05) is 18.2 Å². The molecule has 3 aromatic rings. The summed E-state index contributed by atoms with van der Waals surface area (Å²) in [4.78, 5) is 25.3. The Morgan fingerprint density at radius 3 is 2.79 bits per heavy atom. The summed E-state index contributed by atoms with van der Waals surface area (Å²) >= 11 is 3.04. The number of hydrogen-bond donors (Lipinski definition) is 1. The van der Waals surface area contributed by atoms with E-state index in [9.17, 15) is 4.79 Å². The number of anilines is 1. The molecule has 0 bridgehead atoms. The fourth-order valence-electron chi connectivity index (χ4n) is 2.64. The first kappa shape index (κ1) is 20.5. The van der Waals surface area contributed by atoms with Crippen molar-refractivity contribution >= 4 is 43.2 Å². The molecular weight excluding hydrogens is 396 g/mol. The number of nitrogens with one attached hydrogen (secondary N) is 1. The Morgan fingerprint density at radius 1 is 1.25 bits per heavy atom. The van der Waals surface area contributed by atoms with E-state index in [0.717, 1.165) is 33.3 Å². The molecule has 0 radical (unpaired) electrons. The molecule has 0 aliphatic rings. The zero-order chi connectivity index (χ0) is 19.9. The molecule has 0 aliphatic heterocycles. The number of thiazole rings is 1. The quantitative estimate of drug-likeness (QED) is 0.506. The second-order valence-electron chi connectivity index (χ2n) is 5.94. The summed E-state index contributed by atoms with van der Waals surface area (Å²) < 4.78 is 11.6. The first-order chi connectivity index (χ1) is 13.7. The lowest BCUT2D eigenvalue weighted by Gasteiger charge is -2.16. The van der Waals surface area contributed by atoms with E-state index >= 15 is 0 Å². The van der Waals surface area contributed by atoms with Crippen LogP contribution in [0.5, 0.6) is 5.88 Å². The van der Waals surface area contributed by atoms with E-state index < -0.39 is 0 Å². The van der Waals surface area contributed by atoms with Gasteiger partial charge in [0.2, 0.25) is 5.88 Å². The summed E-state index contributed by atoms with van der Waals surface area (Å²) in [6.07, 6.45) is 1.67. The van der Waals surface area contributed by atoms with Crippen LogP contribution in [0.1, 0.15) is 29.1 Å². The molecule has 0 aromatic carbocycles. The molecule has 28 heavy (non-hydrogen) atoms. The number of rotatable bonds is 10. The van der Waals surface area contributed by atoms with Crippen molar-refractivity contribution in [2.75, 3.05) is 38.3 Å². The van der Waals surface area contributed by atoms with E-state index in [1.165, 1.54) is 11.3 Å². The molecular formula is C19H24N4O3S2. The molecule has 1 N–H and O–H groups in total. The number of hydrogen-bond acceptors (Lipinski definition) is 8. The lowest BCUT2D eigenvalue weighted by molar-refractivity contribution is 0.0954. The van der Waals surface area contributed by atoms with Crippen LogP contribution in [-0.4, -0.2) is 49.3 Å². The van der Waals surface area contributed by atoms with E-state index in [1.54, 1.807) is 24.6 Å². The average Bonchev–Trinajstić information content (AvgIpc) is 3.27. The van der Waals surface area contributed by atoms with E-state index in [4.69, 9.17) is 9.47 Å². The van der Waals surface area contributed by atoms with Gasteiger partial charge in [0.1, 0.15) is 11.4 Å². The molecule has 3 aromatic heterocycles. The number of thiophene rings is 1. The van der Waals surface area contributed by atoms with Crippen molar-refractivity contribution in [3.8, 4) is 5.88 Å². The maximum Gasteiger partial charge on any atom is 0.261 e. The molecule has 0 fully saturated rings. The van der Waals surface area contributed by atoms with Gasteiger partial charge in [-0.2, -0.15) is 0 Å². The fourth-order valence-corrected chi connectivity index (χ4v) is 4.89. The standard InChI is InChI=1S/C19H24N4O3S2/c1-4-23(5-2)19-22-18-15(28-19)11-14(27-18)16(24)21-12-13-7-6-8-20-17(13)26-10-9-25-3/h6-8,11H,4-5,9-10,12H2,1-3H3,(H,21,24). The highest BCUT2D eigenvalue weighted by Crippen LogP contribution is 2.34. The van der Waals surface area contributed by atoms with Crippen LogP contribution in [0.15, 0.2) is 24.4 Å². The van der Waals surface area contributed by atoms with Gasteiger partial charge in [-0.05, 0) is 26.0 Å². The lowest BCUT2D eigenvalue weighted by atomic mass is 10.2. The number of ether oxygens (including phenoxy) is 2. The highest BCUT2D eigenvalue weighted by Gasteiger charge is 2.16. The Morgan fingerprint density at radius 2 is 2.07 bits per heavy atom. The molecule has 0 spiro atoms. The number of carbonyl (C=O) groups is 1. The minimum absolute atomic E-state index is 0.119. The molecule has 3 rings (SSSR count). The first-order valence-corrected chi connectivity index (χ1v) is 10.8. The van der Waals surface area contributed by atoms with Gasteiger partial charge in [-0.1, -0.05) is 17.4 Å². The summed E-state index contributed by atoms with van der Waals surface area (Å²) in [7, 11) is 1.62. The van der Waals surface area contributed by atoms with Gasteiger partial charge in [0.05, 0.1) is 16.2 Å². The van der Waals surface area contributed by atoms with E-state index in [-0.39, 0.29) is 5.91 Å². The van der Waals surface area contributed by atoms with Gasteiger partial charge < -0.3 is 19.7 Å². The van der Waals surface area contributed by atoms with Crippen LogP contribution in [0.3, 0.4) is 0 Å². The Labute approximate surface area is 172 Å². The topological polar surface area (TPSA) is 76.6 Å². The molecule has 1 amide bonds. The van der Waals surface area contributed by atoms with E-state index in [0.29, 0.717) is 30.5 Å². The Balaban J connectivity index is 1.64. The van der Waals surface area contributed by atoms with Crippen molar-refractivity contribution in [3.05, 3.63) is 34.8 Å². The van der Waals surface area contributed by atoms with Gasteiger partial charge >= 0.3 is 0 Å². The van der Waals surface area contributed by atoms with Crippen LogP contribution in [-0.2, 0) is 11.3 Å². The summed E-state index contributed by atoms with van der Waals surface area (Å²) in [5, 5.41) is 3.95. The summed E-state index contributed by atoms with van der Waals surface area (Å²) in [5.74, 6) is 0.392. The summed E-state index contributed by atoms with van der Waals surface area (Å²) in [6, 6.07) is 5.63. The van der Waals surface area contributed by atoms with Crippen molar-refractivity contribution in [2.45, 2.75) is 20.4 Å². The minimum Gasteiger partial charge on any atom is -0.475 e. The SMILES string of the molecule is CCN(CC)c1nc2sc(C(=O)NCc3cccnc3OCCOC)cc2s1. The molecule has 0 saturated carbocycles. The van der Waals surface area contributed by atoms with Crippen molar-refractivity contribution in [1.82, 2.24) is 15.3 Å². The molecule has 0 saturated heterocycles. The first-order valence-electron chi connectivity index (χ1n) is 9.15. The smallest absolute Gasteiger partial charge is 0.261 e. The number of pyridine rings is 1. The van der Waals surface area contributed by atoms with Crippen LogP contribution in [0.25, 0.3) is 9.53 Å². The van der Waals surface area contributed by atoms with Gasteiger partial charge in [0.25, 0.3) is 5.91 Å². The molecule has 9 heteroatoms. The van der Waals surface area contributed by atoms with Gasteiger partial charge in [0.15, 0.2) is 5.13 Å². The Hall–Kier alpha value is -2.23. The fraction of sp³-hybridized carbons (Fsp3) is 0.421. The number of aromatic nitrogens is 2. The molecule has 0 unspecified atom stereocenters. The number of fused-ring (bicyclic) bond motifs is 1. The molecule has 0 atom stereocenters. The van der Waals surface area contributed by atoms with Gasteiger partial charge in [-0.15, -0.1) is 11.3 Å². The van der Waals surface area contributed by atoms with Gasteiger partial charge in [-0.25, -0.2) is 9.97 Å². The highest BCUT2D eigenvalue weighted by molar-refractivity contribution is 7.29. The number of methoxy groups -OCH3 is 1. The largest absolute Gasteiger partial charge is 0.475 e. The third kappa shape index (κ3) is 4.78. The Bertz CT molecular complexity index is 889. The second-order valence-corrected chi connectivity index (χ2v) is 7.98. The lowest BCUT2D eigenvalue weighted by Crippen LogP contribution is -2.22. The van der Waals surface area contributed by atoms with E-state index in [2.05, 4.69) is 34.0 Å². The van der Waals surface area contributed by atoms with Crippen molar-refractivity contribution < 1.29 is 14.3 Å². The van der Waals surface area contributed by atoms with Crippen LogP contribution >= 0.6 is 22.7 Å². The second kappa shape index (κ2) is 9.81. The zero-order valence-electron chi connectivity index (χ0n) is 16.2. The normalized spacial score (nSPS) is 11.0. The predicted octanol–water partition coefficient (Wildman–Crippen LogP) is 3.55. The third-order valence-corrected chi connectivity index (χ3v) is 6.37. The van der Waals surface area contributed by atoms with Gasteiger partial charge in [-0.3, -0.25) is 4.79 Å². The average molecular weight is 421 g/mol. The zero-order valence-corrected chi connectivity index (χ0v) is 17.9. The van der Waals surface area contributed by atoms with Crippen molar-refractivity contribution in [3.63, 3.8) is 0 Å². The molecule has 7 nitrogen and oxygen atoms in total. The van der Waals surface area contributed by atoms with Crippen LogP contribution < -0.4 is 15.0 Å². The highest BCUT2D eigenvalue weighted by atomic mass is 32.1. The number of amides is 1. The van der Waals surface area contributed by atoms with Crippen LogP contribution in [0.4, 0.5) is 5.13 Å². The maximum atomic E-state index is 12.6. The van der Waals surface area contributed by atoms with Crippen LogP contribution in [0, 0.1) is 0 Å². The predicted molar refractivity (Wildman–Crippen MR) is 114 cm³/mol. The number of nitrogens with zero attached hydrogens (tertiary/aromatic N) is 3. The van der Waals surface area contributed by atoms with Crippen LogP contribution in [0.2, 0.25) is 0 Å². The summed E-state index contributed by atoms with van der Waals surface area (Å²) in [5.41, 5.74) is 0.826. The summed E-state index contributed by atoms with van der Waals surface area (Å²) in [6.45, 7) is 7.31. The molecule has 150 valence electrons. The van der Waals surface area contributed by atoms with Gasteiger partial charge in [0, 0.05) is 38.5 Å². The van der Waals surface area contributed by atoms with Crippen molar-refractivity contribution in [1.29, 1.82) is 0 Å². The molecule has 0 aliphatic carbocycles. The minimum atomic E-state index is -0.119. The van der Waals surface area contributed by atoms with Crippen molar-refractivity contribution in [2.24, 2.45) is 0 Å². The number of carbonyl (C=O) groups excluding carboxylic acids is 1. The third-order valence-electron chi connectivity index (χ3n) is 4.15. The Kier molecular flexibility index (Phi) is 7.18. The maximum absolute atomic E-state index is 12.6. The molecule has 3 heterocycles.